The average Bonchev–Trinajstić information content (AvgIpc) is 2.81. The SMILES string of the molecule is CCCCC1CC[C@@H]2C[C@H](c3ccc(C#Cc4ccc(C(F)(F)F)cc4)cc3)CC[C@@H]2C1. The minimum atomic E-state index is -4.31. The van der Waals surface area contributed by atoms with E-state index in [1.807, 2.05) is 0 Å². The van der Waals surface area contributed by atoms with Crippen LogP contribution in [-0.4, -0.2) is 0 Å². The molecule has 2 aliphatic carbocycles. The van der Waals surface area contributed by atoms with Crippen molar-refractivity contribution in [1.82, 2.24) is 0 Å². The molecule has 2 aliphatic rings. The zero-order chi connectivity index (χ0) is 22.6. The Bertz CT molecular complexity index is 928. The van der Waals surface area contributed by atoms with Gasteiger partial charge in [0.2, 0.25) is 0 Å². The first-order valence-electron chi connectivity index (χ1n) is 12.2. The molecular weight excluding hydrogens is 405 g/mol. The number of benzene rings is 2. The third-order valence-corrected chi connectivity index (χ3v) is 7.63. The molecule has 2 aromatic carbocycles. The molecule has 3 heteroatoms. The largest absolute Gasteiger partial charge is 0.416 e. The number of alkyl halides is 3. The second kappa shape index (κ2) is 10.2. The number of hydrogen-bond donors (Lipinski definition) is 0. The Balaban J connectivity index is 1.34. The average molecular weight is 439 g/mol. The fraction of sp³-hybridized carbons (Fsp3) is 0.517. The molecule has 1 unspecified atom stereocenters. The summed E-state index contributed by atoms with van der Waals surface area (Å²) >= 11 is 0. The van der Waals surface area contributed by atoms with Crippen molar-refractivity contribution in [2.75, 3.05) is 0 Å². The minimum Gasteiger partial charge on any atom is -0.166 e. The van der Waals surface area contributed by atoms with Crippen LogP contribution in [0.15, 0.2) is 48.5 Å². The smallest absolute Gasteiger partial charge is 0.166 e. The first-order chi connectivity index (χ1) is 15.4. The lowest BCUT2D eigenvalue weighted by molar-refractivity contribution is -0.137. The molecule has 0 spiro atoms. The summed E-state index contributed by atoms with van der Waals surface area (Å²) in [6.45, 7) is 2.29. The molecule has 4 atom stereocenters. The van der Waals surface area contributed by atoms with Crippen molar-refractivity contribution in [2.24, 2.45) is 17.8 Å². The van der Waals surface area contributed by atoms with Crippen LogP contribution in [0.4, 0.5) is 13.2 Å². The van der Waals surface area contributed by atoms with E-state index in [0.717, 1.165) is 35.4 Å². The molecule has 32 heavy (non-hydrogen) atoms. The Labute approximate surface area is 190 Å². The van der Waals surface area contributed by atoms with Crippen molar-refractivity contribution >= 4 is 0 Å². The number of rotatable bonds is 4. The number of hydrogen-bond acceptors (Lipinski definition) is 0. The summed E-state index contributed by atoms with van der Waals surface area (Å²) < 4.78 is 38.0. The molecule has 0 nitrogen and oxygen atoms in total. The van der Waals surface area contributed by atoms with Crippen LogP contribution >= 0.6 is 0 Å². The molecule has 4 rings (SSSR count). The van der Waals surface area contributed by atoms with Gasteiger partial charge in [-0.25, -0.2) is 0 Å². The van der Waals surface area contributed by atoms with Gasteiger partial charge in [-0.2, -0.15) is 13.2 Å². The van der Waals surface area contributed by atoms with Crippen molar-refractivity contribution in [3.8, 4) is 11.8 Å². The molecule has 2 saturated carbocycles. The molecule has 0 radical (unpaired) electrons. The number of unbranched alkanes of at least 4 members (excludes halogenated alkanes) is 1. The van der Waals surface area contributed by atoms with E-state index in [4.69, 9.17) is 0 Å². The van der Waals surface area contributed by atoms with Crippen molar-refractivity contribution in [2.45, 2.75) is 76.8 Å². The van der Waals surface area contributed by atoms with Gasteiger partial charge >= 0.3 is 6.18 Å². The summed E-state index contributed by atoms with van der Waals surface area (Å²) in [5.74, 6) is 9.52. The highest BCUT2D eigenvalue weighted by molar-refractivity contribution is 5.44. The van der Waals surface area contributed by atoms with Crippen molar-refractivity contribution in [3.63, 3.8) is 0 Å². The van der Waals surface area contributed by atoms with Crippen LogP contribution < -0.4 is 0 Å². The minimum absolute atomic E-state index is 0.593. The van der Waals surface area contributed by atoms with Gasteiger partial charge in [-0.15, -0.1) is 0 Å². The Hall–Kier alpha value is -2.21. The lowest BCUT2D eigenvalue weighted by Gasteiger charge is -2.42. The van der Waals surface area contributed by atoms with E-state index in [9.17, 15) is 13.2 Å². The summed E-state index contributed by atoms with van der Waals surface area (Å²) in [5, 5.41) is 0. The Morgan fingerprint density at radius 1 is 0.781 bits per heavy atom. The maximum absolute atomic E-state index is 12.7. The van der Waals surface area contributed by atoms with Crippen LogP contribution in [0, 0.1) is 29.6 Å². The molecule has 0 aromatic heterocycles. The van der Waals surface area contributed by atoms with E-state index in [1.54, 1.807) is 0 Å². The third kappa shape index (κ3) is 5.77. The molecule has 2 aromatic rings. The van der Waals surface area contributed by atoms with Crippen molar-refractivity contribution in [1.29, 1.82) is 0 Å². The summed E-state index contributed by atoms with van der Waals surface area (Å²) in [5.41, 5.74) is 2.27. The summed E-state index contributed by atoms with van der Waals surface area (Å²) in [6.07, 6.45) is 8.09. The van der Waals surface area contributed by atoms with Gasteiger partial charge in [0.1, 0.15) is 0 Å². The zero-order valence-electron chi connectivity index (χ0n) is 18.9. The van der Waals surface area contributed by atoms with Crippen LogP contribution in [0.2, 0.25) is 0 Å². The maximum Gasteiger partial charge on any atom is 0.416 e. The van der Waals surface area contributed by atoms with Gasteiger partial charge in [0, 0.05) is 11.1 Å². The highest BCUT2D eigenvalue weighted by Crippen LogP contribution is 2.48. The van der Waals surface area contributed by atoms with Crippen LogP contribution in [0.1, 0.15) is 92.9 Å². The third-order valence-electron chi connectivity index (χ3n) is 7.63. The molecule has 0 N–H and O–H groups in total. The predicted molar refractivity (Wildman–Crippen MR) is 124 cm³/mol. The molecular formula is C29H33F3. The van der Waals surface area contributed by atoms with Crippen LogP contribution in [0.25, 0.3) is 0 Å². The Morgan fingerprint density at radius 2 is 1.38 bits per heavy atom. The van der Waals surface area contributed by atoms with E-state index in [0.29, 0.717) is 11.5 Å². The lowest BCUT2D eigenvalue weighted by Crippen LogP contribution is -2.30. The van der Waals surface area contributed by atoms with E-state index in [1.165, 1.54) is 75.5 Å². The molecule has 2 fully saturated rings. The Morgan fingerprint density at radius 3 is 2.00 bits per heavy atom. The second-order valence-electron chi connectivity index (χ2n) is 9.80. The highest BCUT2D eigenvalue weighted by atomic mass is 19.4. The van der Waals surface area contributed by atoms with Crippen molar-refractivity contribution < 1.29 is 13.2 Å². The molecule has 0 aliphatic heterocycles. The predicted octanol–water partition coefficient (Wildman–Crippen LogP) is 8.60. The quantitative estimate of drug-likeness (QED) is 0.419. The molecule has 0 amide bonds. The Kier molecular flexibility index (Phi) is 7.29. The fourth-order valence-corrected chi connectivity index (χ4v) is 5.77. The van der Waals surface area contributed by atoms with Gasteiger partial charge < -0.3 is 0 Å². The van der Waals surface area contributed by atoms with Gasteiger partial charge in [0.15, 0.2) is 0 Å². The molecule has 170 valence electrons. The van der Waals surface area contributed by atoms with E-state index >= 15 is 0 Å². The van der Waals surface area contributed by atoms with E-state index in [-0.39, 0.29) is 0 Å². The standard InChI is InChI=1S/C29H33F3/c1-2-3-4-23-9-14-27-20-26(16-15-25(27)19-23)24-12-7-21(8-13-24)5-6-22-10-17-28(18-11-22)29(30,31)32/h7-8,10-13,17-18,23,25-27H,2-4,9,14-16,19-20H2,1H3/t23?,25-,26-,27-/m1/s1. The zero-order valence-corrected chi connectivity index (χ0v) is 18.9. The van der Waals surface area contributed by atoms with Gasteiger partial charge in [0.25, 0.3) is 0 Å². The second-order valence-corrected chi connectivity index (χ2v) is 9.80. The maximum atomic E-state index is 12.7. The summed E-state index contributed by atoms with van der Waals surface area (Å²) in [6, 6.07) is 13.5. The van der Waals surface area contributed by atoms with Crippen LogP contribution in [0.3, 0.4) is 0 Å². The number of halogens is 3. The van der Waals surface area contributed by atoms with Gasteiger partial charge in [-0.1, -0.05) is 56.6 Å². The van der Waals surface area contributed by atoms with Gasteiger partial charge in [-0.3, -0.25) is 0 Å². The molecule has 0 bridgehead atoms. The van der Waals surface area contributed by atoms with Crippen molar-refractivity contribution in [3.05, 3.63) is 70.8 Å². The fourth-order valence-electron chi connectivity index (χ4n) is 5.77. The first kappa shape index (κ1) is 23.0. The monoisotopic (exact) mass is 438 g/mol. The summed E-state index contributed by atoms with van der Waals surface area (Å²) in [4.78, 5) is 0. The highest BCUT2D eigenvalue weighted by Gasteiger charge is 2.35. The van der Waals surface area contributed by atoms with Crippen LogP contribution in [0.5, 0.6) is 0 Å². The van der Waals surface area contributed by atoms with Gasteiger partial charge in [0.05, 0.1) is 5.56 Å². The molecule has 0 heterocycles. The first-order valence-corrected chi connectivity index (χ1v) is 12.2. The summed E-state index contributed by atoms with van der Waals surface area (Å²) in [7, 11) is 0. The van der Waals surface area contributed by atoms with E-state index in [2.05, 4.69) is 43.0 Å². The lowest BCUT2D eigenvalue weighted by atomic mass is 9.63. The molecule has 0 saturated heterocycles. The number of fused-ring (bicyclic) bond motifs is 1. The van der Waals surface area contributed by atoms with Crippen LogP contribution in [-0.2, 0) is 6.18 Å². The van der Waals surface area contributed by atoms with Gasteiger partial charge in [-0.05, 0) is 97.7 Å². The normalized spacial score (nSPS) is 25.5. The van der Waals surface area contributed by atoms with E-state index < -0.39 is 11.7 Å². The topological polar surface area (TPSA) is 0 Å².